The number of aliphatic hydroxyl groups excluding tert-OH is 3. The Balaban J connectivity index is 0.888. The van der Waals surface area contributed by atoms with Gasteiger partial charge in [0.05, 0.1) is 64.0 Å². The highest BCUT2D eigenvalue weighted by Crippen LogP contribution is 2.67. The van der Waals surface area contributed by atoms with E-state index >= 15 is 0 Å². The minimum absolute atomic E-state index is 0.00487. The van der Waals surface area contributed by atoms with Gasteiger partial charge in [0.15, 0.2) is 41.0 Å². The van der Waals surface area contributed by atoms with Gasteiger partial charge in [-0.15, -0.1) is 0 Å². The van der Waals surface area contributed by atoms with Gasteiger partial charge in [0.25, 0.3) is 16.7 Å². The molecule has 0 radical (unpaired) electrons. The number of nitrogens with zero attached hydrogens (tertiary/aromatic N) is 10. The third-order valence-electron chi connectivity index (χ3n) is 12.5. The minimum atomic E-state index is -5.70. The van der Waals surface area contributed by atoms with Crippen molar-refractivity contribution in [3.8, 4) is 0 Å². The van der Waals surface area contributed by atoms with Crippen LogP contribution in [0.5, 0.6) is 0 Å². The summed E-state index contributed by atoms with van der Waals surface area (Å²) >= 11 is 0. The SMILES string of the molecule is COC[C@H]1[C@@H](O)[C@H](n2c[n+](C)c3c(=O)[nH]c(N)nc32)O[C@@H]1COP(=O)(O)OP(=O)(O)CP(=O)(O)OCC1O[C@@H](n2cnc3c(N)ncnc32)[C@H](OC)[C@@H]1P(=O)([O-])OC[C@H]1O[C@@H](n2cnc3c(=O)[nH]c(N)nc32)[C@H](O)[C@@H]1O. The number of aryl methyl sites for hydroxylation is 1. The fourth-order valence-corrected chi connectivity index (χ4v) is 15.9. The van der Waals surface area contributed by atoms with Gasteiger partial charge in [-0.1, -0.05) is 0 Å². The van der Waals surface area contributed by atoms with Crippen LogP contribution in [0, 0.1) is 5.92 Å². The second-order valence-electron chi connectivity index (χ2n) is 17.5. The highest BCUT2D eigenvalue weighted by atomic mass is 31.3. The first kappa shape index (κ1) is 55.7. The van der Waals surface area contributed by atoms with Crippen LogP contribution in [-0.2, 0) is 66.9 Å². The monoisotopic (exact) mass is 1160 g/mol. The predicted molar refractivity (Wildman–Crippen MR) is 249 cm³/mol. The topological polar surface area (TPSA) is 536 Å². The maximum atomic E-state index is 14.3. The average Bonchev–Trinajstić information content (AvgIpc) is 4.21. The number of ether oxygens (including phenoxy) is 5. The van der Waals surface area contributed by atoms with E-state index in [-0.39, 0.29) is 57.8 Å². The zero-order valence-electron chi connectivity index (χ0n) is 39.5. The molecule has 0 amide bonds. The quantitative estimate of drug-likeness (QED) is 0.0255. The van der Waals surface area contributed by atoms with Gasteiger partial charge in [-0.2, -0.15) is 14.5 Å². The van der Waals surface area contributed by atoms with Gasteiger partial charge in [-0.05, 0) is 0 Å². The van der Waals surface area contributed by atoms with E-state index in [0.29, 0.717) is 0 Å². The van der Waals surface area contributed by atoms with Crippen LogP contribution < -0.4 is 37.8 Å². The standard InChI is InChI=1S/C35H49N15O22P4/c1-47-11-50(28-19(47)30(55)46-35(38)44-28)31-20(51)13(4-64-2)14(69-31)5-68-76(62,63)72-74(58,59)12-73(56,57)66-7-16-24(23(65-3)33(71-16)48-9-41-17-25(36)39-8-40-26(17)48)75(60,61)67-6-15-21(52)22(53)32(70-15)49-10-42-18-27(49)43-34(37)45-29(18)54/h8-11,13-16,20-24,31-33,51-53H,4-7,12H2,1-3H3,(H11-,36,37,38,39,40,43,44,45,46,54,55,56,57,58,59,60,61,62,63)/t13-,14-,15-,16?,20-,21-,22-,23-,24-,31-,32-,33-/m1/s1. The minimum Gasteiger partial charge on any atom is -0.778 e. The number of aromatic amines is 2. The molecule has 37 nitrogen and oxygen atoms in total. The van der Waals surface area contributed by atoms with Crippen LogP contribution in [0.2, 0.25) is 0 Å². The van der Waals surface area contributed by atoms with Crippen molar-refractivity contribution in [2.24, 2.45) is 13.0 Å². The number of phosphoric acid groups is 1. The summed E-state index contributed by atoms with van der Waals surface area (Å²) in [7, 11) is -18.5. The van der Waals surface area contributed by atoms with Crippen LogP contribution in [-0.4, -0.2) is 179 Å². The molecule has 76 heavy (non-hydrogen) atoms. The first-order valence-electron chi connectivity index (χ1n) is 22.1. The molecule has 0 spiro atoms. The second kappa shape index (κ2) is 21.0. The number of aliphatic hydroxyl groups is 3. The number of anilines is 3. The van der Waals surface area contributed by atoms with Crippen LogP contribution in [0.15, 0.2) is 34.9 Å². The average molecular weight is 1160 g/mol. The number of hydrogen-bond donors (Lipinski definition) is 11. The van der Waals surface area contributed by atoms with Crippen molar-refractivity contribution >= 4 is 81.8 Å². The van der Waals surface area contributed by atoms with E-state index in [9.17, 15) is 62.7 Å². The van der Waals surface area contributed by atoms with E-state index in [4.69, 9.17) is 54.5 Å². The number of nitrogen functional groups attached to an aromatic ring is 3. The van der Waals surface area contributed by atoms with Gasteiger partial charge >= 0.3 is 28.6 Å². The van der Waals surface area contributed by atoms with Gasteiger partial charge in [-0.3, -0.25) is 42.3 Å². The van der Waals surface area contributed by atoms with E-state index in [1.165, 1.54) is 34.2 Å². The molecule has 9 rings (SSSR count). The Morgan fingerprint density at radius 2 is 1.32 bits per heavy atom. The summed E-state index contributed by atoms with van der Waals surface area (Å²) in [6, 6.07) is 0. The number of H-pyrrole nitrogens is 2. The maximum Gasteiger partial charge on any atom is 0.479 e. The van der Waals surface area contributed by atoms with Gasteiger partial charge in [0.1, 0.15) is 50.0 Å². The molecule has 0 bridgehead atoms. The summed E-state index contributed by atoms with van der Waals surface area (Å²) in [4.78, 5) is 100. The summed E-state index contributed by atoms with van der Waals surface area (Å²) in [6.07, 6.45) is -11.2. The third kappa shape index (κ3) is 10.8. The first-order valence-corrected chi connectivity index (χ1v) is 28.7. The van der Waals surface area contributed by atoms with Gasteiger partial charge in [0, 0.05) is 20.1 Å². The molecule has 6 aromatic rings. The zero-order valence-corrected chi connectivity index (χ0v) is 43.1. The molecular formula is C35H49N15O22P4. The molecule has 16 atom stereocenters. The molecule has 3 saturated heterocycles. The summed E-state index contributed by atoms with van der Waals surface area (Å²) in [5.74, 6) is -3.56. The molecule has 3 aliphatic rings. The Labute approximate surface area is 423 Å². The van der Waals surface area contributed by atoms with Crippen molar-refractivity contribution in [3.05, 3.63) is 46.0 Å². The van der Waals surface area contributed by atoms with Crippen molar-refractivity contribution in [1.82, 2.24) is 53.6 Å². The number of imidazole rings is 3. The van der Waals surface area contributed by atoms with E-state index in [0.717, 1.165) is 30.7 Å². The Morgan fingerprint density at radius 1 is 0.711 bits per heavy atom. The maximum absolute atomic E-state index is 14.3. The van der Waals surface area contributed by atoms with Crippen molar-refractivity contribution in [1.29, 1.82) is 0 Å². The van der Waals surface area contributed by atoms with Gasteiger partial charge in [0.2, 0.25) is 24.5 Å². The van der Waals surface area contributed by atoms with Gasteiger partial charge in [-0.25, -0.2) is 33.4 Å². The Bertz CT molecular complexity index is 3490. The number of aromatic nitrogens is 12. The second-order valence-corrected chi connectivity index (χ2v) is 25.2. The van der Waals surface area contributed by atoms with Crippen molar-refractivity contribution in [2.45, 2.75) is 67.1 Å². The van der Waals surface area contributed by atoms with Crippen molar-refractivity contribution in [3.63, 3.8) is 0 Å². The molecule has 41 heteroatoms. The molecule has 416 valence electrons. The molecule has 14 N–H and O–H groups in total. The zero-order chi connectivity index (χ0) is 55.0. The van der Waals surface area contributed by atoms with E-state index in [1.54, 1.807) is 0 Å². The molecule has 9 heterocycles. The highest BCUT2D eigenvalue weighted by molar-refractivity contribution is 7.74. The molecule has 6 aromatic heterocycles. The number of phosphoric ester groups is 1. The molecule has 0 aliphatic carbocycles. The lowest BCUT2D eigenvalue weighted by Crippen LogP contribution is -2.40. The molecule has 3 aliphatic heterocycles. The molecule has 3 fully saturated rings. The van der Waals surface area contributed by atoms with E-state index in [2.05, 4.69) is 44.2 Å². The summed E-state index contributed by atoms with van der Waals surface area (Å²) in [5, 5.41) is 33.2. The number of methoxy groups -OCH3 is 2. The van der Waals surface area contributed by atoms with Crippen LogP contribution in [0.4, 0.5) is 17.7 Å². The van der Waals surface area contributed by atoms with Crippen LogP contribution in [0.1, 0.15) is 18.7 Å². The van der Waals surface area contributed by atoms with E-state index < -0.39 is 140 Å². The number of rotatable bonds is 20. The van der Waals surface area contributed by atoms with Crippen LogP contribution >= 0.6 is 30.6 Å². The van der Waals surface area contributed by atoms with Gasteiger partial charge < -0.3 is 89.4 Å². The lowest BCUT2D eigenvalue weighted by atomic mass is 9.99. The van der Waals surface area contributed by atoms with E-state index in [1.807, 2.05) is 0 Å². The molecule has 0 saturated carbocycles. The summed E-state index contributed by atoms with van der Waals surface area (Å²) in [5.41, 5.74) is 13.8. The van der Waals surface area contributed by atoms with Crippen molar-refractivity contribution < 1.29 is 99.3 Å². The highest BCUT2D eigenvalue weighted by Gasteiger charge is 2.55. The number of nitrogens with one attached hydrogen (secondary N) is 2. The third-order valence-corrected chi connectivity index (χ3v) is 20.1. The molecule has 5 unspecified atom stereocenters. The Morgan fingerprint density at radius 3 is 2.01 bits per heavy atom. The normalized spacial score (nSPS) is 30.2. The number of fused-ring (bicyclic) bond motifs is 3. The first-order chi connectivity index (χ1) is 35.7. The number of hydrogen-bond acceptors (Lipinski definition) is 28. The number of nitrogens with two attached hydrogens (primary N) is 3. The Kier molecular flexibility index (Phi) is 15.3. The fourth-order valence-electron chi connectivity index (χ4n) is 9.14. The predicted octanol–water partition coefficient (Wildman–Crippen LogP) is -4.26. The molecular weight excluding hydrogens is 1110 g/mol. The van der Waals surface area contributed by atoms with Crippen LogP contribution in [0.3, 0.4) is 0 Å². The van der Waals surface area contributed by atoms with Crippen LogP contribution in [0.25, 0.3) is 33.5 Å². The van der Waals surface area contributed by atoms with Crippen molar-refractivity contribution in [2.75, 3.05) is 63.8 Å². The summed E-state index contributed by atoms with van der Waals surface area (Å²) < 4.78 is 108. The smallest absolute Gasteiger partial charge is 0.479 e. The Hall–Kier alpha value is -5.07. The molecule has 0 aromatic carbocycles. The fraction of sp³-hybridized carbons (Fsp3) is 0.571. The largest absolute Gasteiger partial charge is 0.778 e. The lowest BCUT2D eigenvalue weighted by Gasteiger charge is -2.35. The lowest BCUT2D eigenvalue weighted by molar-refractivity contribution is -0.646. The summed E-state index contributed by atoms with van der Waals surface area (Å²) in [6.45, 7) is -3.35.